The summed E-state index contributed by atoms with van der Waals surface area (Å²) in [6.45, 7) is 14.1. The summed E-state index contributed by atoms with van der Waals surface area (Å²) in [6.07, 6.45) is 0. The first-order valence-corrected chi connectivity index (χ1v) is 7.96. The van der Waals surface area contributed by atoms with E-state index in [0.29, 0.717) is 0 Å². The lowest BCUT2D eigenvalue weighted by atomic mass is 10.0. The van der Waals surface area contributed by atoms with Gasteiger partial charge in [0.2, 0.25) is 0 Å². The largest absolute Gasteiger partial charge is 0.377 e. The molecular weight excluding hydrogens is 284 g/mol. The van der Waals surface area contributed by atoms with E-state index in [4.69, 9.17) is 16.3 Å². The molecule has 0 radical (unpaired) electrons. The van der Waals surface area contributed by atoms with Gasteiger partial charge in [-0.15, -0.1) is 0 Å². The van der Waals surface area contributed by atoms with E-state index in [1.807, 2.05) is 0 Å². The topological polar surface area (TPSA) is 24.5 Å². The van der Waals surface area contributed by atoms with Crippen LogP contribution >= 0.6 is 11.6 Å². The Balaban J connectivity index is 2.15. The van der Waals surface area contributed by atoms with Gasteiger partial charge in [0, 0.05) is 29.3 Å². The molecule has 1 aliphatic heterocycles. The van der Waals surface area contributed by atoms with Gasteiger partial charge in [-0.05, 0) is 52.3 Å². The average molecular weight is 311 g/mol. The second-order valence-electron chi connectivity index (χ2n) is 7.40. The highest BCUT2D eigenvalue weighted by Crippen LogP contribution is 2.30. The van der Waals surface area contributed by atoms with E-state index in [2.05, 4.69) is 63.0 Å². The number of hydrogen-bond donors (Lipinski definition) is 1. The maximum absolute atomic E-state index is 6.47. The molecule has 0 amide bonds. The highest BCUT2D eigenvalue weighted by atomic mass is 35.5. The molecular formula is C17H27ClN2O. The number of nitrogens with zero attached hydrogens (tertiary/aromatic N) is 1. The first-order chi connectivity index (χ1) is 9.69. The van der Waals surface area contributed by atoms with Crippen LogP contribution in [0.3, 0.4) is 0 Å². The van der Waals surface area contributed by atoms with E-state index in [1.165, 1.54) is 5.69 Å². The molecule has 0 aliphatic carbocycles. The highest BCUT2D eigenvalue weighted by Gasteiger charge is 2.30. The van der Waals surface area contributed by atoms with Gasteiger partial charge in [-0.2, -0.15) is 0 Å². The standard InChI is InChI=1S/C17H27ClN2O/c1-16(2,3)19-11-13-6-7-14(10-15(13)18)20-8-9-21-12-17(20,4)5/h6-7,10,19H,8-9,11-12H2,1-5H3. The van der Waals surface area contributed by atoms with Crippen LogP contribution < -0.4 is 10.2 Å². The van der Waals surface area contributed by atoms with Crippen molar-refractivity contribution in [2.24, 2.45) is 0 Å². The number of halogens is 1. The molecule has 1 heterocycles. The third kappa shape index (κ3) is 4.35. The lowest BCUT2D eigenvalue weighted by Crippen LogP contribution is -2.53. The molecule has 0 spiro atoms. The zero-order valence-corrected chi connectivity index (χ0v) is 14.5. The Morgan fingerprint density at radius 2 is 2.05 bits per heavy atom. The Labute approximate surface area is 133 Å². The van der Waals surface area contributed by atoms with Crippen LogP contribution in [0.5, 0.6) is 0 Å². The van der Waals surface area contributed by atoms with Gasteiger partial charge in [0.25, 0.3) is 0 Å². The van der Waals surface area contributed by atoms with Crippen molar-refractivity contribution in [2.75, 3.05) is 24.7 Å². The Morgan fingerprint density at radius 1 is 1.33 bits per heavy atom. The van der Waals surface area contributed by atoms with Crippen molar-refractivity contribution < 1.29 is 4.74 Å². The summed E-state index contributed by atoms with van der Waals surface area (Å²) < 4.78 is 5.58. The van der Waals surface area contributed by atoms with Crippen molar-refractivity contribution in [1.82, 2.24) is 5.32 Å². The minimum absolute atomic E-state index is 0.00670. The molecule has 1 N–H and O–H groups in total. The Hall–Kier alpha value is -0.770. The molecule has 1 aromatic carbocycles. The molecule has 1 aliphatic rings. The van der Waals surface area contributed by atoms with Gasteiger partial charge in [-0.3, -0.25) is 0 Å². The summed E-state index contributed by atoms with van der Waals surface area (Å²) in [5.41, 5.74) is 2.41. The predicted octanol–water partition coefficient (Wildman–Crippen LogP) is 3.84. The van der Waals surface area contributed by atoms with Crippen molar-refractivity contribution >= 4 is 17.3 Å². The first kappa shape index (κ1) is 16.6. The zero-order chi connectivity index (χ0) is 15.7. The maximum atomic E-state index is 6.47. The lowest BCUT2D eigenvalue weighted by Gasteiger charge is -2.44. The SMILES string of the molecule is CC(C)(C)NCc1ccc(N2CCOCC2(C)C)cc1Cl. The number of rotatable bonds is 3. The van der Waals surface area contributed by atoms with Crippen LogP contribution in [0.2, 0.25) is 5.02 Å². The first-order valence-electron chi connectivity index (χ1n) is 7.58. The molecule has 0 saturated carbocycles. The minimum Gasteiger partial charge on any atom is -0.377 e. The highest BCUT2D eigenvalue weighted by molar-refractivity contribution is 6.31. The Kier molecular flexibility index (Phi) is 4.86. The van der Waals surface area contributed by atoms with Gasteiger partial charge < -0.3 is 15.0 Å². The molecule has 1 saturated heterocycles. The molecule has 1 fully saturated rings. The number of nitrogens with one attached hydrogen (secondary N) is 1. The minimum atomic E-state index is 0.00670. The van der Waals surface area contributed by atoms with Gasteiger partial charge in [0.15, 0.2) is 0 Å². The molecule has 2 rings (SSSR count). The van der Waals surface area contributed by atoms with Gasteiger partial charge in [0.1, 0.15) is 0 Å². The van der Waals surface area contributed by atoms with E-state index >= 15 is 0 Å². The summed E-state index contributed by atoms with van der Waals surface area (Å²) in [6, 6.07) is 6.37. The molecule has 1 aromatic rings. The summed E-state index contributed by atoms with van der Waals surface area (Å²) in [5.74, 6) is 0. The van der Waals surface area contributed by atoms with Crippen LogP contribution in [-0.2, 0) is 11.3 Å². The number of morpholine rings is 1. The van der Waals surface area contributed by atoms with Crippen molar-refractivity contribution in [1.29, 1.82) is 0 Å². The van der Waals surface area contributed by atoms with E-state index < -0.39 is 0 Å². The van der Waals surface area contributed by atoms with Gasteiger partial charge >= 0.3 is 0 Å². The average Bonchev–Trinajstić information content (AvgIpc) is 2.35. The fraction of sp³-hybridized carbons (Fsp3) is 0.647. The quantitative estimate of drug-likeness (QED) is 0.918. The Bertz CT molecular complexity index is 494. The molecule has 4 heteroatoms. The second kappa shape index (κ2) is 6.15. The predicted molar refractivity (Wildman–Crippen MR) is 90.3 cm³/mol. The van der Waals surface area contributed by atoms with Crippen LogP contribution in [0, 0.1) is 0 Å². The monoisotopic (exact) mass is 310 g/mol. The van der Waals surface area contributed by atoms with E-state index in [9.17, 15) is 0 Å². The van der Waals surface area contributed by atoms with Crippen LogP contribution in [-0.4, -0.2) is 30.8 Å². The number of anilines is 1. The third-order valence-electron chi connectivity index (χ3n) is 3.80. The molecule has 118 valence electrons. The maximum Gasteiger partial charge on any atom is 0.0694 e. The molecule has 0 bridgehead atoms. The zero-order valence-electron chi connectivity index (χ0n) is 13.8. The van der Waals surface area contributed by atoms with Crippen LogP contribution in [0.4, 0.5) is 5.69 Å². The smallest absolute Gasteiger partial charge is 0.0694 e. The fourth-order valence-electron chi connectivity index (χ4n) is 2.54. The van der Waals surface area contributed by atoms with Crippen LogP contribution in [0.15, 0.2) is 18.2 Å². The van der Waals surface area contributed by atoms with Crippen LogP contribution in [0.1, 0.15) is 40.2 Å². The fourth-order valence-corrected chi connectivity index (χ4v) is 2.79. The van der Waals surface area contributed by atoms with Gasteiger partial charge in [-0.25, -0.2) is 0 Å². The number of hydrogen-bond acceptors (Lipinski definition) is 3. The van der Waals surface area contributed by atoms with Crippen LogP contribution in [0.25, 0.3) is 0 Å². The van der Waals surface area contributed by atoms with E-state index in [-0.39, 0.29) is 11.1 Å². The normalized spacial score (nSPS) is 18.9. The third-order valence-corrected chi connectivity index (χ3v) is 4.15. The summed E-state index contributed by atoms with van der Waals surface area (Å²) >= 11 is 6.47. The molecule has 0 aromatic heterocycles. The molecule has 21 heavy (non-hydrogen) atoms. The van der Waals surface area contributed by atoms with Crippen molar-refractivity contribution in [2.45, 2.75) is 52.2 Å². The second-order valence-corrected chi connectivity index (χ2v) is 7.80. The summed E-state index contributed by atoms with van der Waals surface area (Å²) in [7, 11) is 0. The molecule has 3 nitrogen and oxygen atoms in total. The van der Waals surface area contributed by atoms with Crippen molar-refractivity contribution in [3.8, 4) is 0 Å². The summed E-state index contributed by atoms with van der Waals surface area (Å²) in [4.78, 5) is 2.38. The van der Waals surface area contributed by atoms with Gasteiger partial charge in [0.05, 0.1) is 18.8 Å². The lowest BCUT2D eigenvalue weighted by molar-refractivity contribution is 0.0644. The summed E-state index contributed by atoms with van der Waals surface area (Å²) in [5, 5.41) is 4.30. The van der Waals surface area contributed by atoms with E-state index in [0.717, 1.165) is 36.9 Å². The van der Waals surface area contributed by atoms with Gasteiger partial charge in [-0.1, -0.05) is 17.7 Å². The number of benzene rings is 1. The molecule has 0 atom stereocenters. The van der Waals surface area contributed by atoms with Crippen molar-refractivity contribution in [3.05, 3.63) is 28.8 Å². The van der Waals surface area contributed by atoms with Crippen molar-refractivity contribution in [3.63, 3.8) is 0 Å². The Morgan fingerprint density at radius 3 is 2.62 bits per heavy atom. The van der Waals surface area contributed by atoms with E-state index in [1.54, 1.807) is 0 Å². The molecule has 0 unspecified atom stereocenters. The number of ether oxygens (including phenoxy) is 1.